The lowest BCUT2D eigenvalue weighted by Gasteiger charge is -2.36. The monoisotopic (exact) mass is 275 g/mol. The van der Waals surface area contributed by atoms with Crippen molar-refractivity contribution in [2.45, 2.75) is 6.10 Å². The Morgan fingerprint density at radius 3 is 2.83 bits per heavy atom. The molecule has 9 heteroatoms. The third-order valence-electron chi connectivity index (χ3n) is 2.38. The highest BCUT2D eigenvalue weighted by Gasteiger charge is 2.33. The third-order valence-corrected chi connectivity index (χ3v) is 3.00. The van der Waals surface area contributed by atoms with Crippen LogP contribution in [0.25, 0.3) is 0 Å². The number of oxazole rings is 1. The summed E-state index contributed by atoms with van der Waals surface area (Å²) in [5, 5.41) is 2.43. The highest BCUT2D eigenvalue weighted by Crippen LogP contribution is 2.22. The summed E-state index contributed by atoms with van der Waals surface area (Å²) < 4.78 is 31.7. The molecule has 0 spiro atoms. The summed E-state index contributed by atoms with van der Waals surface area (Å²) in [5.74, 6) is -0.338. The predicted octanol–water partition coefficient (Wildman–Crippen LogP) is -0.801. The van der Waals surface area contributed by atoms with E-state index in [9.17, 15) is 13.2 Å². The normalized spacial score (nSPS) is 16.4. The quantitative estimate of drug-likeness (QED) is 0.717. The average molecular weight is 275 g/mol. The number of rotatable bonds is 4. The Morgan fingerprint density at radius 1 is 1.61 bits per heavy atom. The summed E-state index contributed by atoms with van der Waals surface area (Å²) in [4.78, 5) is 16.9. The highest BCUT2D eigenvalue weighted by atomic mass is 32.2. The van der Waals surface area contributed by atoms with E-state index >= 15 is 0 Å². The fourth-order valence-corrected chi connectivity index (χ4v) is 2.16. The van der Waals surface area contributed by atoms with Crippen LogP contribution in [0.1, 0.15) is 10.5 Å². The van der Waals surface area contributed by atoms with Crippen LogP contribution >= 0.6 is 0 Å². The van der Waals surface area contributed by atoms with Gasteiger partial charge in [0.15, 0.2) is 5.69 Å². The topological polar surface area (TPSA) is 102 Å². The van der Waals surface area contributed by atoms with Crippen LogP contribution in [0.5, 0.6) is 0 Å². The standard InChI is InChI=1S/C9H13N3O5S/c1-10-8(13)7-5-16-9(11-7)12-3-6(4-12)17-18(2,14)15/h5-6H,3-4H2,1-2H3,(H,10,13). The van der Waals surface area contributed by atoms with Gasteiger partial charge < -0.3 is 14.6 Å². The number of anilines is 1. The van der Waals surface area contributed by atoms with Crippen LogP contribution in [0.3, 0.4) is 0 Å². The van der Waals surface area contributed by atoms with Crippen LogP contribution in [0.15, 0.2) is 10.7 Å². The van der Waals surface area contributed by atoms with E-state index in [4.69, 9.17) is 8.60 Å². The Labute approximate surface area is 104 Å². The van der Waals surface area contributed by atoms with Gasteiger partial charge in [-0.1, -0.05) is 0 Å². The molecule has 0 unspecified atom stereocenters. The Bertz CT molecular complexity index is 546. The first kappa shape index (κ1) is 12.8. The first-order valence-electron chi connectivity index (χ1n) is 5.20. The molecule has 100 valence electrons. The minimum Gasteiger partial charge on any atom is -0.431 e. The molecular formula is C9H13N3O5S. The Hall–Kier alpha value is -1.61. The summed E-state index contributed by atoms with van der Waals surface area (Å²) in [6.45, 7) is 0.724. The summed E-state index contributed by atoms with van der Waals surface area (Å²) >= 11 is 0. The van der Waals surface area contributed by atoms with Crippen molar-refractivity contribution in [3.8, 4) is 0 Å². The van der Waals surface area contributed by atoms with E-state index in [0.29, 0.717) is 13.1 Å². The van der Waals surface area contributed by atoms with Crippen LogP contribution in [0.2, 0.25) is 0 Å². The van der Waals surface area contributed by atoms with Crippen LogP contribution in [-0.2, 0) is 14.3 Å². The number of hydrogen-bond donors (Lipinski definition) is 1. The minimum absolute atomic E-state index is 0.181. The summed E-state index contributed by atoms with van der Waals surface area (Å²) in [5.41, 5.74) is 0.181. The molecule has 0 atom stereocenters. The van der Waals surface area contributed by atoms with Crippen molar-refractivity contribution in [1.82, 2.24) is 10.3 Å². The number of amides is 1. The van der Waals surface area contributed by atoms with E-state index in [1.165, 1.54) is 13.3 Å². The molecule has 1 aromatic heterocycles. The Morgan fingerprint density at radius 2 is 2.28 bits per heavy atom. The average Bonchev–Trinajstić information content (AvgIpc) is 2.69. The fourth-order valence-electron chi connectivity index (χ4n) is 1.54. The molecule has 1 fully saturated rings. The minimum atomic E-state index is -3.44. The molecule has 18 heavy (non-hydrogen) atoms. The number of nitrogens with one attached hydrogen (secondary N) is 1. The van der Waals surface area contributed by atoms with Gasteiger partial charge in [-0.05, 0) is 0 Å². The predicted molar refractivity (Wildman–Crippen MR) is 61.8 cm³/mol. The van der Waals surface area contributed by atoms with Gasteiger partial charge in [-0.3, -0.25) is 8.98 Å². The number of aromatic nitrogens is 1. The molecule has 2 rings (SSSR count). The number of hydrogen-bond acceptors (Lipinski definition) is 7. The molecule has 1 N–H and O–H groups in total. The van der Waals surface area contributed by atoms with E-state index < -0.39 is 16.2 Å². The van der Waals surface area contributed by atoms with Gasteiger partial charge in [-0.15, -0.1) is 0 Å². The second-order valence-electron chi connectivity index (χ2n) is 3.92. The SMILES string of the molecule is CNC(=O)c1coc(N2CC(OS(C)(=O)=O)C2)n1. The van der Waals surface area contributed by atoms with Crippen LogP contribution in [-0.4, -0.2) is 51.8 Å². The summed E-state index contributed by atoms with van der Waals surface area (Å²) in [7, 11) is -1.95. The van der Waals surface area contributed by atoms with E-state index in [0.717, 1.165) is 6.26 Å². The third kappa shape index (κ3) is 2.79. The maximum atomic E-state index is 11.3. The van der Waals surface area contributed by atoms with Crippen LogP contribution in [0.4, 0.5) is 6.01 Å². The first-order valence-corrected chi connectivity index (χ1v) is 7.01. The molecule has 1 saturated heterocycles. The van der Waals surface area contributed by atoms with Gasteiger partial charge in [-0.2, -0.15) is 13.4 Å². The number of carbonyl (C=O) groups is 1. The van der Waals surface area contributed by atoms with Gasteiger partial charge >= 0.3 is 0 Å². The van der Waals surface area contributed by atoms with Crippen molar-refractivity contribution in [1.29, 1.82) is 0 Å². The molecule has 2 heterocycles. The summed E-state index contributed by atoms with van der Waals surface area (Å²) in [6.07, 6.45) is 1.86. The molecule has 0 saturated carbocycles. The smallest absolute Gasteiger partial charge is 0.298 e. The molecule has 1 amide bonds. The fraction of sp³-hybridized carbons (Fsp3) is 0.556. The molecule has 1 aliphatic rings. The van der Waals surface area contributed by atoms with Crippen molar-refractivity contribution in [3.63, 3.8) is 0 Å². The maximum Gasteiger partial charge on any atom is 0.298 e. The number of carbonyl (C=O) groups excluding carboxylic acids is 1. The van der Waals surface area contributed by atoms with Crippen molar-refractivity contribution in [2.75, 3.05) is 31.3 Å². The lowest BCUT2D eigenvalue weighted by atomic mass is 10.2. The van der Waals surface area contributed by atoms with E-state index in [1.807, 2.05) is 0 Å². The van der Waals surface area contributed by atoms with Gasteiger partial charge in [0.2, 0.25) is 0 Å². The van der Waals surface area contributed by atoms with E-state index in [-0.39, 0.29) is 17.6 Å². The Balaban J connectivity index is 1.92. The zero-order valence-corrected chi connectivity index (χ0v) is 10.7. The molecule has 0 aliphatic carbocycles. The van der Waals surface area contributed by atoms with Crippen molar-refractivity contribution in [2.24, 2.45) is 0 Å². The molecule has 1 aromatic rings. The highest BCUT2D eigenvalue weighted by molar-refractivity contribution is 7.86. The van der Waals surface area contributed by atoms with Gasteiger partial charge in [-0.25, -0.2) is 0 Å². The zero-order chi connectivity index (χ0) is 13.3. The van der Waals surface area contributed by atoms with Crippen LogP contribution < -0.4 is 10.2 Å². The molecule has 0 radical (unpaired) electrons. The van der Waals surface area contributed by atoms with Crippen molar-refractivity contribution < 1.29 is 21.8 Å². The lowest BCUT2D eigenvalue weighted by molar-refractivity contribution is 0.0958. The summed E-state index contributed by atoms with van der Waals surface area (Å²) in [6, 6.07) is 0.280. The zero-order valence-electron chi connectivity index (χ0n) is 9.91. The molecule has 0 bridgehead atoms. The van der Waals surface area contributed by atoms with Crippen LogP contribution in [0, 0.1) is 0 Å². The Kier molecular flexibility index (Phi) is 3.26. The van der Waals surface area contributed by atoms with Crippen molar-refractivity contribution >= 4 is 22.0 Å². The van der Waals surface area contributed by atoms with E-state index in [1.54, 1.807) is 4.90 Å². The van der Waals surface area contributed by atoms with Gasteiger partial charge in [0.05, 0.1) is 19.3 Å². The maximum absolute atomic E-state index is 11.3. The van der Waals surface area contributed by atoms with Gasteiger partial charge in [0, 0.05) is 7.05 Å². The van der Waals surface area contributed by atoms with E-state index in [2.05, 4.69) is 10.3 Å². The molecule has 8 nitrogen and oxygen atoms in total. The van der Waals surface area contributed by atoms with Gasteiger partial charge in [0.1, 0.15) is 12.4 Å². The molecule has 0 aromatic carbocycles. The largest absolute Gasteiger partial charge is 0.431 e. The molecular weight excluding hydrogens is 262 g/mol. The van der Waals surface area contributed by atoms with Crippen molar-refractivity contribution in [3.05, 3.63) is 12.0 Å². The second kappa shape index (κ2) is 4.58. The lowest BCUT2D eigenvalue weighted by Crippen LogP contribution is -2.53. The number of nitrogens with zero attached hydrogens (tertiary/aromatic N) is 2. The first-order chi connectivity index (χ1) is 8.39. The molecule has 1 aliphatic heterocycles. The second-order valence-corrected chi connectivity index (χ2v) is 5.52. The van der Waals surface area contributed by atoms with Gasteiger partial charge in [0.25, 0.3) is 22.0 Å².